The van der Waals surface area contributed by atoms with Crippen molar-refractivity contribution in [1.29, 1.82) is 0 Å². The van der Waals surface area contributed by atoms with Gasteiger partial charge in [-0.25, -0.2) is 0 Å². The highest BCUT2D eigenvalue weighted by atomic mass is 35.5. The number of thioether (sulfide) groups is 1. The van der Waals surface area contributed by atoms with Crippen molar-refractivity contribution in [3.63, 3.8) is 0 Å². The van der Waals surface area contributed by atoms with E-state index in [1.807, 2.05) is 56.3 Å². The molecule has 0 fully saturated rings. The van der Waals surface area contributed by atoms with Gasteiger partial charge in [0, 0.05) is 5.02 Å². The van der Waals surface area contributed by atoms with Crippen molar-refractivity contribution in [1.82, 2.24) is 25.5 Å². The van der Waals surface area contributed by atoms with Gasteiger partial charge in [-0.2, -0.15) is 4.68 Å². The number of nitrogens with one attached hydrogen (secondary N) is 1. The van der Waals surface area contributed by atoms with Gasteiger partial charge in [-0.3, -0.25) is 4.79 Å². The summed E-state index contributed by atoms with van der Waals surface area (Å²) in [6, 6.07) is 15.1. The molecule has 0 unspecified atom stereocenters. The molecule has 1 heterocycles. The first-order valence-corrected chi connectivity index (χ1v) is 9.43. The average molecular weight is 388 g/mol. The maximum Gasteiger partial charge on any atom is 0.230 e. The molecule has 0 aliphatic rings. The summed E-state index contributed by atoms with van der Waals surface area (Å²) in [5, 5.41) is 16.0. The van der Waals surface area contributed by atoms with E-state index < -0.39 is 0 Å². The lowest BCUT2D eigenvalue weighted by Crippen LogP contribution is -2.28. The standard InChI is InChI=1S/C18H18ClN5OS/c1-12-6-3-4-9-16(12)24-18(21-22-23-24)26-11-17(25)20-13(2)14-7-5-8-15(19)10-14/h3-10,13H,11H2,1-2H3,(H,20,25)/t13-/m1/s1. The van der Waals surface area contributed by atoms with Gasteiger partial charge >= 0.3 is 0 Å². The smallest absolute Gasteiger partial charge is 0.230 e. The fourth-order valence-corrected chi connectivity index (χ4v) is 3.39. The molecule has 0 bridgehead atoms. The summed E-state index contributed by atoms with van der Waals surface area (Å²) >= 11 is 7.30. The van der Waals surface area contributed by atoms with Gasteiger partial charge in [0.05, 0.1) is 17.5 Å². The molecule has 0 aliphatic heterocycles. The molecular formula is C18H18ClN5OS. The van der Waals surface area contributed by atoms with E-state index in [1.54, 1.807) is 10.7 Å². The molecule has 8 heteroatoms. The number of carbonyl (C=O) groups excluding carboxylic acids is 1. The summed E-state index contributed by atoms with van der Waals surface area (Å²) in [6.45, 7) is 3.91. The second-order valence-corrected chi connectivity index (χ2v) is 7.17. The van der Waals surface area contributed by atoms with E-state index in [2.05, 4.69) is 20.8 Å². The number of amides is 1. The minimum Gasteiger partial charge on any atom is -0.349 e. The molecule has 0 saturated heterocycles. The van der Waals surface area contributed by atoms with E-state index in [1.165, 1.54) is 11.8 Å². The zero-order valence-corrected chi connectivity index (χ0v) is 16.0. The quantitative estimate of drug-likeness (QED) is 0.654. The number of hydrogen-bond donors (Lipinski definition) is 1. The normalized spacial score (nSPS) is 12.0. The van der Waals surface area contributed by atoms with Crippen LogP contribution < -0.4 is 5.32 Å². The second-order valence-electron chi connectivity index (χ2n) is 5.79. The lowest BCUT2D eigenvalue weighted by Gasteiger charge is -2.14. The van der Waals surface area contributed by atoms with Crippen molar-refractivity contribution in [2.75, 3.05) is 5.75 Å². The van der Waals surface area contributed by atoms with Gasteiger partial charge in [-0.05, 0) is 53.6 Å². The number of hydrogen-bond acceptors (Lipinski definition) is 5. The van der Waals surface area contributed by atoms with E-state index in [9.17, 15) is 4.79 Å². The first-order valence-electron chi connectivity index (χ1n) is 8.06. The Morgan fingerprint density at radius 1 is 1.27 bits per heavy atom. The van der Waals surface area contributed by atoms with E-state index in [0.29, 0.717) is 10.2 Å². The highest BCUT2D eigenvalue weighted by molar-refractivity contribution is 7.99. The third-order valence-corrected chi connectivity index (χ3v) is 5.00. The highest BCUT2D eigenvalue weighted by Gasteiger charge is 2.14. The fourth-order valence-electron chi connectivity index (χ4n) is 2.49. The molecule has 1 atom stereocenters. The van der Waals surface area contributed by atoms with Crippen molar-refractivity contribution in [3.05, 3.63) is 64.7 Å². The highest BCUT2D eigenvalue weighted by Crippen LogP contribution is 2.21. The number of aromatic nitrogens is 4. The van der Waals surface area contributed by atoms with Crippen LogP contribution in [0.4, 0.5) is 0 Å². The molecule has 0 spiro atoms. The maximum absolute atomic E-state index is 12.3. The van der Waals surface area contributed by atoms with Gasteiger partial charge in [0.1, 0.15) is 0 Å². The number of tetrazole rings is 1. The maximum atomic E-state index is 12.3. The van der Waals surface area contributed by atoms with Gasteiger partial charge < -0.3 is 5.32 Å². The Kier molecular flexibility index (Phi) is 5.90. The van der Waals surface area contributed by atoms with Gasteiger partial charge in [-0.15, -0.1) is 5.10 Å². The van der Waals surface area contributed by atoms with Gasteiger partial charge in [-0.1, -0.05) is 53.7 Å². The largest absolute Gasteiger partial charge is 0.349 e. The van der Waals surface area contributed by atoms with Crippen LogP contribution in [0.3, 0.4) is 0 Å². The van der Waals surface area contributed by atoms with E-state index >= 15 is 0 Å². The van der Waals surface area contributed by atoms with Crippen LogP contribution in [0.25, 0.3) is 5.69 Å². The zero-order chi connectivity index (χ0) is 18.5. The Labute approximate surface area is 160 Å². The predicted octanol–water partition coefficient (Wildman–Crippen LogP) is 3.59. The predicted molar refractivity (Wildman–Crippen MR) is 103 cm³/mol. The average Bonchev–Trinajstić information content (AvgIpc) is 3.08. The SMILES string of the molecule is Cc1ccccc1-n1nnnc1SCC(=O)N[C@H](C)c1cccc(Cl)c1. The molecule has 134 valence electrons. The van der Waals surface area contributed by atoms with Crippen LogP contribution in [0, 0.1) is 6.92 Å². The molecule has 26 heavy (non-hydrogen) atoms. The number of nitrogens with zero attached hydrogens (tertiary/aromatic N) is 4. The molecule has 2 aromatic carbocycles. The molecule has 1 N–H and O–H groups in total. The van der Waals surface area contributed by atoms with Crippen LogP contribution in [0.1, 0.15) is 24.1 Å². The van der Waals surface area contributed by atoms with Crippen molar-refractivity contribution >= 4 is 29.3 Å². The Bertz CT molecular complexity index is 914. The summed E-state index contributed by atoms with van der Waals surface area (Å²) < 4.78 is 1.65. The van der Waals surface area contributed by atoms with Crippen LogP contribution in [0.5, 0.6) is 0 Å². The second kappa shape index (κ2) is 8.33. The van der Waals surface area contributed by atoms with Gasteiger partial charge in [0.15, 0.2) is 0 Å². The van der Waals surface area contributed by atoms with Crippen LogP contribution in [-0.4, -0.2) is 31.9 Å². The van der Waals surface area contributed by atoms with Crippen molar-refractivity contribution in [2.24, 2.45) is 0 Å². The van der Waals surface area contributed by atoms with E-state index in [4.69, 9.17) is 11.6 Å². The molecule has 1 aromatic heterocycles. The monoisotopic (exact) mass is 387 g/mol. The van der Waals surface area contributed by atoms with Crippen molar-refractivity contribution < 1.29 is 4.79 Å². The minimum atomic E-state index is -0.130. The molecule has 3 aromatic rings. The number of rotatable bonds is 6. The van der Waals surface area contributed by atoms with Crippen molar-refractivity contribution in [2.45, 2.75) is 25.0 Å². The topological polar surface area (TPSA) is 72.7 Å². The Hall–Kier alpha value is -2.38. The lowest BCUT2D eigenvalue weighted by molar-refractivity contribution is -0.119. The van der Waals surface area contributed by atoms with Crippen LogP contribution in [-0.2, 0) is 4.79 Å². The number of carbonyl (C=O) groups is 1. The Balaban J connectivity index is 1.62. The van der Waals surface area contributed by atoms with Crippen LogP contribution in [0.2, 0.25) is 5.02 Å². The first-order chi connectivity index (χ1) is 12.5. The molecule has 1 amide bonds. The minimum absolute atomic E-state index is 0.0955. The Morgan fingerprint density at radius 3 is 2.85 bits per heavy atom. The van der Waals surface area contributed by atoms with Crippen LogP contribution in [0.15, 0.2) is 53.7 Å². The van der Waals surface area contributed by atoms with Gasteiger partial charge in [0.2, 0.25) is 11.1 Å². The molecule has 3 rings (SSSR count). The fraction of sp³-hybridized carbons (Fsp3) is 0.222. The third-order valence-electron chi connectivity index (χ3n) is 3.84. The molecule has 0 radical (unpaired) electrons. The number of aryl methyl sites for hydroxylation is 1. The summed E-state index contributed by atoms with van der Waals surface area (Å²) in [5.74, 6) is 0.124. The molecule has 0 aliphatic carbocycles. The first kappa shape index (κ1) is 18.4. The summed E-state index contributed by atoms with van der Waals surface area (Å²) in [6.07, 6.45) is 0. The third kappa shape index (κ3) is 4.42. The lowest BCUT2D eigenvalue weighted by atomic mass is 10.1. The number of benzene rings is 2. The van der Waals surface area contributed by atoms with E-state index in [0.717, 1.165) is 16.8 Å². The summed E-state index contributed by atoms with van der Waals surface area (Å²) in [7, 11) is 0. The summed E-state index contributed by atoms with van der Waals surface area (Å²) in [4.78, 5) is 12.3. The molecule has 6 nitrogen and oxygen atoms in total. The summed E-state index contributed by atoms with van der Waals surface area (Å²) in [5.41, 5.74) is 2.91. The molecule has 0 saturated carbocycles. The zero-order valence-electron chi connectivity index (χ0n) is 14.4. The van der Waals surface area contributed by atoms with Crippen LogP contribution >= 0.6 is 23.4 Å². The van der Waals surface area contributed by atoms with E-state index in [-0.39, 0.29) is 17.7 Å². The Morgan fingerprint density at radius 2 is 2.08 bits per heavy atom. The number of para-hydroxylation sites is 1. The number of halogens is 1. The van der Waals surface area contributed by atoms with Gasteiger partial charge in [0.25, 0.3) is 0 Å². The molecular weight excluding hydrogens is 370 g/mol. The van der Waals surface area contributed by atoms with Crippen molar-refractivity contribution in [3.8, 4) is 5.69 Å².